The summed E-state index contributed by atoms with van der Waals surface area (Å²) in [4.78, 5) is 4.24. The first kappa shape index (κ1) is 18.4. The van der Waals surface area contributed by atoms with Crippen LogP contribution in [-0.4, -0.2) is 11.6 Å². The highest BCUT2D eigenvalue weighted by atomic mass is 35.5. The van der Waals surface area contributed by atoms with Gasteiger partial charge in [0.05, 0.1) is 23.4 Å². The molecule has 3 rings (SSSR count). The lowest BCUT2D eigenvalue weighted by atomic mass is 10.1. The predicted molar refractivity (Wildman–Crippen MR) is 94.5 cm³/mol. The summed E-state index contributed by atoms with van der Waals surface area (Å²) in [6, 6.07) is 10.8. The van der Waals surface area contributed by atoms with Crippen molar-refractivity contribution in [2.45, 2.75) is 6.92 Å². The molecule has 1 aromatic heterocycles. The number of anilines is 2. The third kappa shape index (κ3) is 3.78. The highest BCUT2D eigenvalue weighted by Crippen LogP contribution is 2.31. The van der Waals surface area contributed by atoms with E-state index < -0.39 is 11.6 Å². The van der Waals surface area contributed by atoms with Gasteiger partial charge in [0.1, 0.15) is 11.8 Å². The number of ether oxygens (including phenoxy) is 1. The van der Waals surface area contributed by atoms with Gasteiger partial charge in [0.25, 0.3) is 0 Å². The number of fused-ring (bicyclic) bond motifs is 1. The summed E-state index contributed by atoms with van der Waals surface area (Å²) in [6.07, 6.45) is 1.44. The van der Waals surface area contributed by atoms with E-state index in [2.05, 4.69) is 16.4 Å². The molecule has 3 aromatic rings. The van der Waals surface area contributed by atoms with Crippen molar-refractivity contribution in [3.8, 4) is 11.8 Å². The molecule has 0 aliphatic heterocycles. The number of nitriles is 1. The molecule has 4 nitrogen and oxygen atoms in total. The summed E-state index contributed by atoms with van der Waals surface area (Å²) in [5.74, 6) is -1.26. The summed E-state index contributed by atoms with van der Waals surface area (Å²) in [5.41, 5.74) is 1.75. The SMILES string of the molecule is CCOc1ccc2ncc(C#N)c(Nc3ccc(F)c(F)c3)c2c1.Cl. The van der Waals surface area contributed by atoms with Crippen LogP contribution in [0.25, 0.3) is 10.9 Å². The van der Waals surface area contributed by atoms with E-state index in [1.54, 1.807) is 18.2 Å². The van der Waals surface area contributed by atoms with Crippen LogP contribution in [0, 0.1) is 23.0 Å². The van der Waals surface area contributed by atoms with E-state index >= 15 is 0 Å². The molecule has 0 unspecified atom stereocenters. The van der Waals surface area contributed by atoms with Gasteiger partial charge in [-0.05, 0) is 37.3 Å². The van der Waals surface area contributed by atoms with E-state index in [0.717, 1.165) is 12.1 Å². The van der Waals surface area contributed by atoms with Gasteiger partial charge in [0, 0.05) is 23.3 Å². The lowest BCUT2D eigenvalue weighted by Crippen LogP contribution is -1.99. The standard InChI is InChI=1S/C18H13F2N3O.ClH/c1-2-24-13-4-6-17-14(8-13)18(11(9-21)10-22-17)23-12-3-5-15(19)16(20)7-12;/h3-8,10H,2H2,1H3,(H,22,23);1H. The summed E-state index contributed by atoms with van der Waals surface area (Å²) in [7, 11) is 0. The van der Waals surface area contributed by atoms with Gasteiger partial charge < -0.3 is 10.1 Å². The van der Waals surface area contributed by atoms with Gasteiger partial charge in [-0.25, -0.2) is 8.78 Å². The molecule has 0 atom stereocenters. The van der Waals surface area contributed by atoms with E-state index in [0.29, 0.717) is 40.2 Å². The summed E-state index contributed by atoms with van der Waals surface area (Å²) in [5, 5.41) is 13.0. The molecule has 0 amide bonds. The Morgan fingerprint density at radius 3 is 2.64 bits per heavy atom. The average molecular weight is 362 g/mol. The zero-order valence-electron chi connectivity index (χ0n) is 13.2. The second kappa shape index (κ2) is 7.77. The minimum Gasteiger partial charge on any atom is -0.494 e. The molecule has 2 aromatic carbocycles. The first-order valence-electron chi connectivity index (χ1n) is 7.30. The second-order valence-electron chi connectivity index (χ2n) is 5.02. The van der Waals surface area contributed by atoms with E-state index in [4.69, 9.17) is 4.74 Å². The van der Waals surface area contributed by atoms with Crippen LogP contribution >= 0.6 is 12.4 Å². The van der Waals surface area contributed by atoms with Gasteiger partial charge in [0.15, 0.2) is 11.6 Å². The van der Waals surface area contributed by atoms with Crippen LogP contribution in [0.3, 0.4) is 0 Å². The summed E-state index contributed by atoms with van der Waals surface area (Å²) in [6.45, 7) is 2.37. The third-order valence-electron chi connectivity index (χ3n) is 3.46. The molecular weight excluding hydrogens is 348 g/mol. The van der Waals surface area contributed by atoms with Crippen LogP contribution in [0.4, 0.5) is 20.2 Å². The van der Waals surface area contributed by atoms with E-state index in [1.165, 1.54) is 12.3 Å². The lowest BCUT2D eigenvalue weighted by Gasteiger charge is -2.13. The fourth-order valence-corrected chi connectivity index (χ4v) is 2.37. The van der Waals surface area contributed by atoms with Crippen molar-refractivity contribution in [2.24, 2.45) is 0 Å². The molecule has 25 heavy (non-hydrogen) atoms. The molecule has 0 bridgehead atoms. The summed E-state index contributed by atoms with van der Waals surface area (Å²) < 4.78 is 32.0. The number of benzene rings is 2. The van der Waals surface area contributed by atoms with Crippen LogP contribution in [0.5, 0.6) is 5.75 Å². The molecule has 0 saturated carbocycles. The van der Waals surface area contributed by atoms with Crippen molar-refractivity contribution in [3.63, 3.8) is 0 Å². The Balaban J connectivity index is 0.00000225. The highest BCUT2D eigenvalue weighted by Gasteiger charge is 2.12. The number of nitrogens with one attached hydrogen (secondary N) is 1. The maximum absolute atomic E-state index is 13.4. The minimum absolute atomic E-state index is 0. The number of nitrogens with zero attached hydrogens (tertiary/aromatic N) is 2. The van der Waals surface area contributed by atoms with Crippen LogP contribution in [0.2, 0.25) is 0 Å². The Morgan fingerprint density at radius 1 is 1.16 bits per heavy atom. The van der Waals surface area contributed by atoms with Crippen molar-refractivity contribution in [2.75, 3.05) is 11.9 Å². The maximum atomic E-state index is 13.4. The number of halogens is 3. The normalized spacial score (nSPS) is 10.0. The molecule has 0 radical (unpaired) electrons. The van der Waals surface area contributed by atoms with Crippen molar-refractivity contribution >= 4 is 34.7 Å². The van der Waals surface area contributed by atoms with Gasteiger partial charge >= 0.3 is 0 Å². The minimum atomic E-state index is -0.966. The zero-order valence-corrected chi connectivity index (χ0v) is 14.0. The monoisotopic (exact) mass is 361 g/mol. The predicted octanol–water partition coefficient (Wildman–Crippen LogP) is 4.95. The largest absolute Gasteiger partial charge is 0.494 e. The Bertz CT molecular complexity index is 957. The second-order valence-corrected chi connectivity index (χ2v) is 5.02. The number of pyridine rings is 1. The van der Waals surface area contributed by atoms with Gasteiger partial charge in [0.2, 0.25) is 0 Å². The third-order valence-corrected chi connectivity index (χ3v) is 3.46. The van der Waals surface area contributed by atoms with Gasteiger partial charge in [-0.1, -0.05) is 0 Å². The van der Waals surface area contributed by atoms with Crippen molar-refractivity contribution in [3.05, 3.63) is 59.8 Å². The quantitative estimate of drug-likeness (QED) is 0.714. The lowest BCUT2D eigenvalue weighted by molar-refractivity contribution is 0.340. The van der Waals surface area contributed by atoms with E-state index in [1.807, 2.05) is 6.92 Å². The maximum Gasteiger partial charge on any atom is 0.160 e. The first-order chi connectivity index (χ1) is 11.6. The molecule has 0 fully saturated rings. The molecule has 0 aliphatic carbocycles. The van der Waals surface area contributed by atoms with Crippen molar-refractivity contribution < 1.29 is 13.5 Å². The molecule has 7 heteroatoms. The molecule has 1 heterocycles. The van der Waals surface area contributed by atoms with E-state index in [-0.39, 0.29) is 12.4 Å². The van der Waals surface area contributed by atoms with Crippen LogP contribution in [0.1, 0.15) is 12.5 Å². The fraction of sp³-hybridized carbons (Fsp3) is 0.111. The fourth-order valence-electron chi connectivity index (χ4n) is 2.37. The molecular formula is C18H14ClF2N3O. The number of rotatable bonds is 4. The summed E-state index contributed by atoms with van der Waals surface area (Å²) >= 11 is 0. The molecule has 0 saturated heterocycles. The van der Waals surface area contributed by atoms with Gasteiger partial charge in [-0.2, -0.15) is 5.26 Å². The smallest absolute Gasteiger partial charge is 0.160 e. The number of hydrogen-bond acceptors (Lipinski definition) is 4. The highest BCUT2D eigenvalue weighted by molar-refractivity contribution is 5.96. The molecule has 128 valence electrons. The first-order valence-corrected chi connectivity index (χ1v) is 7.30. The Morgan fingerprint density at radius 2 is 1.96 bits per heavy atom. The van der Waals surface area contributed by atoms with Crippen LogP contribution in [-0.2, 0) is 0 Å². The van der Waals surface area contributed by atoms with Gasteiger partial charge in [-0.15, -0.1) is 12.4 Å². The topological polar surface area (TPSA) is 57.9 Å². The molecule has 1 N–H and O–H groups in total. The van der Waals surface area contributed by atoms with E-state index in [9.17, 15) is 14.0 Å². The van der Waals surface area contributed by atoms with Crippen molar-refractivity contribution in [1.82, 2.24) is 4.98 Å². The zero-order chi connectivity index (χ0) is 17.1. The van der Waals surface area contributed by atoms with Crippen LogP contribution in [0.15, 0.2) is 42.6 Å². The van der Waals surface area contributed by atoms with Crippen LogP contribution < -0.4 is 10.1 Å². The molecule has 0 aliphatic rings. The molecule has 0 spiro atoms. The number of hydrogen-bond donors (Lipinski definition) is 1. The van der Waals surface area contributed by atoms with Gasteiger partial charge in [-0.3, -0.25) is 4.98 Å². The Labute approximate surface area is 149 Å². The Kier molecular flexibility index (Phi) is 5.73. The average Bonchev–Trinajstić information content (AvgIpc) is 2.59. The Hall–Kier alpha value is -2.91. The van der Waals surface area contributed by atoms with Crippen molar-refractivity contribution in [1.29, 1.82) is 5.26 Å². The number of aromatic nitrogens is 1.